The number of aliphatic hydroxyl groups is 1. The number of fused-ring (bicyclic) bond motifs is 1. The Bertz CT molecular complexity index is 667. The van der Waals surface area contributed by atoms with Crippen molar-refractivity contribution in [1.82, 2.24) is 0 Å². The van der Waals surface area contributed by atoms with Crippen LogP contribution in [-0.2, 0) is 5.92 Å². The molecule has 0 atom stereocenters. The summed E-state index contributed by atoms with van der Waals surface area (Å²) in [6.07, 6.45) is -3.88. The average Bonchev–Trinajstić information content (AvgIpc) is 2.44. The fourth-order valence-electron chi connectivity index (χ4n) is 1.69. The van der Waals surface area contributed by atoms with Crippen LogP contribution < -0.4 is 5.36 Å². The summed E-state index contributed by atoms with van der Waals surface area (Å²) in [5, 5.41) is 9.22. The van der Waals surface area contributed by atoms with Crippen LogP contribution in [0, 0.1) is 0 Å². The van der Waals surface area contributed by atoms with Crippen molar-refractivity contribution in [2.24, 2.45) is 4.99 Å². The Morgan fingerprint density at radius 1 is 1.25 bits per heavy atom. The Labute approximate surface area is 111 Å². The van der Waals surface area contributed by atoms with Crippen LogP contribution >= 0.6 is 0 Å². The largest absolute Gasteiger partial charge is 0.454 e. The van der Waals surface area contributed by atoms with Gasteiger partial charge in [0.05, 0.1) is 18.5 Å². The van der Waals surface area contributed by atoms with Crippen molar-refractivity contribution >= 4 is 11.0 Å². The maximum atomic E-state index is 13.4. The Balaban J connectivity index is 2.71. The minimum absolute atomic E-state index is 0.0201. The van der Waals surface area contributed by atoms with E-state index in [2.05, 4.69) is 4.99 Å². The van der Waals surface area contributed by atoms with Crippen LogP contribution in [0.2, 0.25) is 0 Å². The molecule has 0 fully saturated rings. The predicted octanol–water partition coefficient (Wildman–Crippen LogP) is 2.68. The SMILES string of the molecule is OCCN=c1cc(C(F)(F)C(F)F)oc2ccccc12. The van der Waals surface area contributed by atoms with Gasteiger partial charge in [0.15, 0.2) is 5.76 Å². The van der Waals surface area contributed by atoms with Gasteiger partial charge in [-0.05, 0) is 12.1 Å². The van der Waals surface area contributed by atoms with E-state index in [0.29, 0.717) is 5.39 Å². The van der Waals surface area contributed by atoms with E-state index in [1.807, 2.05) is 0 Å². The minimum Gasteiger partial charge on any atom is -0.454 e. The van der Waals surface area contributed by atoms with Crippen LogP contribution in [-0.4, -0.2) is 24.7 Å². The third kappa shape index (κ3) is 2.67. The summed E-state index contributed by atoms with van der Waals surface area (Å²) in [4.78, 5) is 3.90. The van der Waals surface area contributed by atoms with E-state index in [9.17, 15) is 17.6 Å². The molecule has 1 heterocycles. The highest BCUT2D eigenvalue weighted by Crippen LogP contribution is 2.34. The molecule has 0 unspecified atom stereocenters. The van der Waals surface area contributed by atoms with Gasteiger partial charge in [-0.15, -0.1) is 0 Å². The average molecular weight is 289 g/mol. The number of aliphatic hydroxyl groups excluding tert-OH is 1. The molecule has 0 saturated heterocycles. The number of para-hydroxylation sites is 1. The molecule has 0 bridgehead atoms. The lowest BCUT2D eigenvalue weighted by molar-refractivity contribution is -0.147. The molecule has 7 heteroatoms. The number of hydrogen-bond donors (Lipinski definition) is 1. The first-order valence-electron chi connectivity index (χ1n) is 5.77. The highest BCUT2D eigenvalue weighted by Gasteiger charge is 2.45. The number of alkyl halides is 4. The van der Waals surface area contributed by atoms with Crippen molar-refractivity contribution in [3.63, 3.8) is 0 Å². The highest BCUT2D eigenvalue weighted by atomic mass is 19.3. The first-order chi connectivity index (χ1) is 9.46. The molecule has 2 rings (SSSR count). The number of benzene rings is 1. The summed E-state index contributed by atoms with van der Waals surface area (Å²) >= 11 is 0. The predicted molar refractivity (Wildman–Crippen MR) is 63.6 cm³/mol. The van der Waals surface area contributed by atoms with Gasteiger partial charge in [0.2, 0.25) is 0 Å². The van der Waals surface area contributed by atoms with Crippen LogP contribution in [0.5, 0.6) is 0 Å². The topological polar surface area (TPSA) is 45.7 Å². The highest BCUT2D eigenvalue weighted by molar-refractivity contribution is 5.76. The second-order valence-corrected chi connectivity index (χ2v) is 4.02. The van der Waals surface area contributed by atoms with Crippen LogP contribution in [0.25, 0.3) is 11.0 Å². The molecular weight excluding hydrogens is 278 g/mol. The Kier molecular flexibility index (Phi) is 4.08. The monoisotopic (exact) mass is 289 g/mol. The van der Waals surface area contributed by atoms with Crippen molar-refractivity contribution in [2.75, 3.05) is 13.2 Å². The maximum Gasteiger partial charge on any atom is 0.363 e. The summed E-state index contributed by atoms with van der Waals surface area (Å²) < 4.78 is 56.4. The molecule has 1 aromatic carbocycles. The van der Waals surface area contributed by atoms with Gasteiger partial charge < -0.3 is 9.52 Å². The molecule has 0 aliphatic carbocycles. The van der Waals surface area contributed by atoms with E-state index in [1.54, 1.807) is 12.1 Å². The summed E-state index contributed by atoms with van der Waals surface area (Å²) in [5.41, 5.74) is 0.0296. The normalized spacial score (nSPS) is 13.4. The van der Waals surface area contributed by atoms with Crippen molar-refractivity contribution in [2.45, 2.75) is 12.3 Å². The second-order valence-electron chi connectivity index (χ2n) is 4.02. The van der Waals surface area contributed by atoms with Gasteiger partial charge >= 0.3 is 12.3 Å². The third-order valence-electron chi connectivity index (χ3n) is 2.64. The third-order valence-corrected chi connectivity index (χ3v) is 2.64. The van der Waals surface area contributed by atoms with Crippen molar-refractivity contribution in [3.05, 3.63) is 41.4 Å². The molecule has 0 radical (unpaired) electrons. The molecule has 0 aliphatic heterocycles. The molecule has 108 valence electrons. The van der Waals surface area contributed by atoms with E-state index in [1.165, 1.54) is 12.1 Å². The zero-order valence-electron chi connectivity index (χ0n) is 10.2. The minimum atomic E-state index is -4.40. The zero-order valence-corrected chi connectivity index (χ0v) is 10.2. The Morgan fingerprint density at radius 3 is 2.60 bits per heavy atom. The fourth-order valence-corrected chi connectivity index (χ4v) is 1.69. The van der Waals surface area contributed by atoms with Gasteiger partial charge in [-0.3, -0.25) is 4.99 Å². The first kappa shape index (κ1) is 14.5. The number of nitrogens with zero attached hydrogens (tertiary/aromatic N) is 1. The van der Waals surface area contributed by atoms with E-state index in [0.717, 1.165) is 6.07 Å². The lowest BCUT2D eigenvalue weighted by Crippen LogP contribution is -2.25. The molecule has 0 saturated carbocycles. The zero-order chi connectivity index (χ0) is 14.8. The molecule has 0 amide bonds. The van der Waals surface area contributed by atoms with Gasteiger partial charge in [-0.2, -0.15) is 8.78 Å². The quantitative estimate of drug-likeness (QED) is 0.880. The molecule has 2 aromatic rings. The number of rotatable bonds is 4. The van der Waals surface area contributed by atoms with Crippen LogP contribution in [0.4, 0.5) is 17.6 Å². The fraction of sp³-hybridized carbons (Fsp3) is 0.308. The van der Waals surface area contributed by atoms with Crippen LogP contribution in [0.1, 0.15) is 5.76 Å². The number of hydrogen-bond acceptors (Lipinski definition) is 3. The van der Waals surface area contributed by atoms with Crippen molar-refractivity contribution in [3.8, 4) is 0 Å². The van der Waals surface area contributed by atoms with Gasteiger partial charge in [0.25, 0.3) is 0 Å². The van der Waals surface area contributed by atoms with E-state index < -0.39 is 18.1 Å². The lowest BCUT2D eigenvalue weighted by atomic mass is 10.1. The van der Waals surface area contributed by atoms with E-state index >= 15 is 0 Å². The summed E-state index contributed by atoms with van der Waals surface area (Å²) in [7, 11) is 0. The molecule has 20 heavy (non-hydrogen) atoms. The summed E-state index contributed by atoms with van der Waals surface area (Å²) in [5.74, 6) is -5.55. The molecule has 1 aromatic heterocycles. The Hall–Kier alpha value is -1.89. The molecular formula is C13H11F4NO2. The van der Waals surface area contributed by atoms with Crippen molar-refractivity contribution < 1.29 is 27.1 Å². The summed E-state index contributed by atoms with van der Waals surface area (Å²) in [6.45, 7) is -0.297. The smallest absolute Gasteiger partial charge is 0.363 e. The number of halogens is 4. The van der Waals surface area contributed by atoms with E-state index in [-0.39, 0.29) is 24.1 Å². The molecule has 0 aliphatic rings. The lowest BCUT2D eigenvalue weighted by Gasteiger charge is -2.14. The van der Waals surface area contributed by atoms with Crippen LogP contribution in [0.15, 0.2) is 39.7 Å². The first-order valence-corrected chi connectivity index (χ1v) is 5.77. The molecule has 1 N–H and O–H groups in total. The van der Waals surface area contributed by atoms with Crippen molar-refractivity contribution in [1.29, 1.82) is 0 Å². The summed E-state index contributed by atoms with van der Waals surface area (Å²) in [6, 6.07) is 6.91. The van der Waals surface area contributed by atoms with Gasteiger partial charge in [0, 0.05) is 11.5 Å². The second kappa shape index (κ2) is 5.62. The molecule has 3 nitrogen and oxygen atoms in total. The standard InChI is InChI=1S/C13H11F4NO2/c14-12(15)13(16,17)11-7-9(18-5-6-19)8-3-1-2-4-10(8)20-11/h1-4,7,12,19H,5-6H2. The molecule has 0 spiro atoms. The van der Waals surface area contributed by atoms with E-state index in [4.69, 9.17) is 9.52 Å². The van der Waals surface area contributed by atoms with Gasteiger partial charge in [-0.1, -0.05) is 12.1 Å². The van der Waals surface area contributed by atoms with Gasteiger partial charge in [0.1, 0.15) is 5.58 Å². The maximum absolute atomic E-state index is 13.4. The Morgan fingerprint density at radius 2 is 1.95 bits per heavy atom. The van der Waals surface area contributed by atoms with Crippen LogP contribution in [0.3, 0.4) is 0 Å². The van der Waals surface area contributed by atoms with Gasteiger partial charge in [-0.25, -0.2) is 8.78 Å².